The summed E-state index contributed by atoms with van der Waals surface area (Å²) in [6.45, 7) is 42.3. The van der Waals surface area contributed by atoms with Gasteiger partial charge in [0, 0.05) is 97.8 Å². The number of hydrogen-bond acceptors (Lipinski definition) is 18. The van der Waals surface area contributed by atoms with Crippen LogP contribution in [0.5, 0.6) is 0 Å². The van der Waals surface area contributed by atoms with Gasteiger partial charge in [0.2, 0.25) is 0 Å². The number of nitrogens with zero attached hydrogens (tertiary/aromatic N) is 6. The molecule has 0 aromatic rings. The number of hydrogen-bond donors (Lipinski definition) is 6. The zero-order valence-electron chi connectivity index (χ0n) is 65.5. The molecule has 0 saturated carbocycles. The molecule has 0 aliphatic rings. The molecule has 6 N–H and O–H groups in total. The molecule has 0 fully saturated rings. The fourth-order valence-corrected chi connectivity index (χ4v) is 9.94. The number of amides is 14. The van der Waals surface area contributed by atoms with Crippen molar-refractivity contribution < 1.29 is 86.0 Å². The van der Waals surface area contributed by atoms with Crippen LogP contribution in [0.25, 0.3) is 0 Å². The van der Waals surface area contributed by atoms with Gasteiger partial charge in [-0.25, -0.2) is 67.3 Å². The first kappa shape index (κ1) is 95.4. The summed E-state index contributed by atoms with van der Waals surface area (Å²) in [6, 6.07) is -2.49. The van der Waals surface area contributed by atoms with Gasteiger partial charge >= 0.3 is 72.3 Å². The predicted molar refractivity (Wildman–Crippen MR) is 399 cm³/mol. The van der Waals surface area contributed by atoms with Crippen molar-refractivity contribution in [1.29, 1.82) is 0 Å². The zero-order valence-corrected chi connectivity index (χ0v) is 65.5. The molecule has 0 aliphatic heterocycles. The maximum absolute atomic E-state index is 13.7. The molecule has 0 atom stereocenters. The number of nitrogens with one attached hydrogen (secondary N) is 6. The number of imide groups is 2. The molecule has 0 unspecified atom stereocenters. The molecule has 14 amide bonds. The Balaban J connectivity index is 5.85. The fraction of sp³-hybridized carbons (Fsp3) is 0.730. The minimum absolute atomic E-state index is 0.00553. The normalized spacial score (nSPS) is 11.2. The molecular formula is C74H130N12O18. The first-order valence-corrected chi connectivity index (χ1v) is 36.7. The quantitative estimate of drug-likeness (QED) is 0.0143. The summed E-state index contributed by atoms with van der Waals surface area (Å²) in [5.41, 5.74) is -1.66. The average Bonchev–Trinajstić information content (AvgIpc) is 0.903. The lowest BCUT2D eigenvalue weighted by Crippen LogP contribution is -2.52. The van der Waals surface area contributed by atoms with Crippen molar-refractivity contribution in [2.24, 2.45) is 0 Å². The molecule has 0 spiro atoms. The second kappa shape index (κ2) is 52.4. The Hall–Kier alpha value is -8.60. The van der Waals surface area contributed by atoms with Gasteiger partial charge in [-0.2, -0.15) is 0 Å². The Bertz CT molecular complexity index is 2720. The number of unbranched alkanes of at least 4 members (excludes halogenated alkanes) is 13. The van der Waals surface area contributed by atoms with Gasteiger partial charge in [0.1, 0.15) is 26.4 Å². The Morgan fingerprint density at radius 3 is 0.731 bits per heavy atom. The fourth-order valence-electron chi connectivity index (χ4n) is 9.94. The third-order valence-corrected chi connectivity index (χ3v) is 15.9. The van der Waals surface area contributed by atoms with Crippen molar-refractivity contribution in [3.63, 3.8) is 0 Å². The summed E-state index contributed by atoms with van der Waals surface area (Å²) in [4.78, 5) is 162. The van der Waals surface area contributed by atoms with Crippen LogP contribution in [0.1, 0.15) is 213 Å². The lowest BCUT2D eigenvalue weighted by atomic mass is 10.1. The van der Waals surface area contributed by atoms with E-state index >= 15 is 0 Å². The van der Waals surface area contributed by atoms with E-state index in [1.165, 1.54) is 0 Å². The van der Waals surface area contributed by atoms with Gasteiger partial charge in [-0.1, -0.05) is 77.7 Å². The number of carbonyl (C=O) groups excluding carboxylic acids is 12. The molecule has 0 bridgehead atoms. The van der Waals surface area contributed by atoms with E-state index in [-0.39, 0.29) is 140 Å². The topological polar surface area (TPSA) is 352 Å². The number of ether oxygens (including phenoxy) is 6. The first-order valence-electron chi connectivity index (χ1n) is 36.7. The summed E-state index contributed by atoms with van der Waals surface area (Å²) >= 11 is 0. The van der Waals surface area contributed by atoms with Crippen LogP contribution in [0.15, 0.2) is 49.6 Å². The first-order chi connectivity index (χ1) is 48.8. The van der Waals surface area contributed by atoms with Crippen molar-refractivity contribution in [1.82, 2.24) is 61.3 Å². The maximum Gasteiger partial charge on any atom is 0.417 e. The summed E-state index contributed by atoms with van der Waals surface area (Å²) in [6.07, 6.45) is 10.9. The van der Waals surface area contributed by atoms with Gasteiger partial charge in [-0.05, 0) is 161 Å². The third-order valence-electron chi connectivity index (χ3n) is 15.9. The molecule has 594 valence electrons. The second-order valence-corrected chi connectivity index (χ2v) is 29.2. The maximum atomic E-state index is 13.7. The van der Waals surface area contributed by atoms with E-state index in [2.05, 4.69) is 58.2 Å². The lowest BCUT2D eigenvalue weighted by molar-refractivity contribution is -0.140. The van der Waals surface area contributed by atoms with Crippen molar-refractivity contribution in [3.05, 3.63) is 49.6 Å². The molecular weight excluding hydrogens is 1340 g/mol. The van der Waals surface area contributed by atoms with E-state index in [0.29, 0.717) is 116 Å². The average molecular weight is 1480 g/mol. The Labute approximate surface area is 619 Å². The molecule has 0 radical (unpaired) electrons. The highest BCUT2D eigenvalue weighted by molar-refractivity contribution is 5.92. The predicted octanol–water partition coefficient (Wildman–Crippen LogP) is 11.2. The molecule has 0 rings (SSSR count). The minimum atomic E-state index is -0.866. The lowest BCUT2D eigenvalue weighted by Gasteiger charge is -2.35. The van der Waals surface area contributed by atoms with Crippen molar-refractivity contribution in [2.45, 2.75) is 235 Å². The van der Waals surface area contributed by atoms with Crippen LogP contribution < -0.4 is 31.9 Å². The largest absolute Gasteiger partial charge is 0.461 e. The smallest absolute Gasteiger partial charge is 0.417 e. The van der Waals surface area contributed by atoms with E-state index in [0.717, 1.165) is 34.8 Å². The van der Waals surface area contributed by atoms with Crippen LogP contribution in [0.3, 0.4) is 0 Å². The molecule has 104 heavy (non-hydrogen) atoms. The number of rotatable bonds is 49. The Morgan fingerprint density at radius 1 is 0.288 bits per heavy atom. The summed E-state index contributed by atoms with van der Waals surface area (Å²) in [5.74, 6) is -2.22. The summed E-state index contributed by atoms with van der Waals surface area (Å²) in [7, 11) is 0. The van der Waals surface area contributed by atoms with Crippen LogP contribution >= 0.6 is 0 Å². The van der Waals surface area contributed by atoms with Crippen molar-refractivity contribution in [3.8, 4) is 0 Å². The van der Waals surface area contributed by atoms with Crippen LogP contribution in [-0.2, 0) is 47.6 Å². The van der Waals surface area contributed by atoms with Crippen LogP contribution in [0.4, 0.5) is 38.4 Å². The van der Waals surface area contributed by atoms with Gasteiger partial charge in [-0.3, -0.25) is 0 Å². The van der Waals surface area contributed by atoms with E-state index in [1.807, 2.05) is 83.1 Å². The summed E-state index contributed by atoms with van der Waals surface area (Å²) in [5, 5.41) is 17.4. The van der Waals surface area contributed by atoms with Gasteiger partial charge in [0.25, 0.3) is 0 Å². The monoisotopic (exact) mass is 1470 g/mol. The molecule has 0 aromatic heterocycles. The van der Waals surface area contributed by atoms with Gasteiger partial charge in [0.15, 0.2) is 0 Å². The molecule has 0 saturated heterocycles. The van der Waals surface area contributed by atoms with E-state index in [9.17, 15) is 57.5 Å². The molecule has 30 nitrogen and oxygen atoms in total. The SMILES string of the molecule is C=CC(=O)OCCN(C(=O)NCCCCCCNC(=O)N(CCCCCCNC(=O)N(CCOC(=O)C=C)C(C)(C)C)C(=O)OCCCCOC(=O)N(CCCCCCNC(=O)N(CCOC(=O)C(=C)C)C(C)(C)C)C(=O)NCCCCCCNC(=O)N(CCOC(=O)C(=C)C)C(C)(C)C)C(C)(C)C. The van der Waals surface area contributed by atoms with Crippen molar-refractivity contribution in [2.75, 3.05) is 118 Å². The van der Waals surface area contributed by atoms with E-state index < -0.39 is 70.3 Å². The van der Waals surface area contributed by atoms with E-state index in [4.69, 9.17) is 28.4 Å². The standard InChI is InChI=1S/C74H130N12O18/c1-19-59(87)99-53-47-83(71(7,8)9)65(93)77-41-31-23-21-29-39-75-63(91)81(45-35-27-25-33-43-79-66(94)84(72(10,11)12)48-54-100-60(88)20-2)69(97)103-51-37-38-52-104-70(98)82(46-36-28-26-34-44-80-68(96)86(74(16,17)18)50-56-102-62(90)58(5)6)64(92)76-40-30-22-24-32-42-78-67(95)85(73(13,14)15)49-55-101-61(89)57(3)4/h19-20H,1-3,5,21-56H2,4,6-18H3,(H,75,91)(H,76,92)(H,77,93)(H,78,95)(H,79,94)(H,80,96). The molecule has 0 aromatic carbocycles. The van der Waals surface area contributed by atoms with Crippen LogP contribution in [0.2, 0.25) is 0 Å². The molecule has 30 heteroatoms. The summed E-state index contributed by atoms with van der Waals surface area (Å²) < 4.78 is 31.8. The highest BCUT2D eigenvalue weighted by Gasteiger charge is 2.31. The molecule has 0 heterocycles. The van der Waals surface area contributed by atoms with Gasteiger partial charge in [0.05, 0.1) is 39.4 Å². The second-order valence-electron chi connectivity index (χ2n) is 29.2. The third kappa shape index (κ3) is 44.1. The number of esters is 4. The Kier molecular flexibility index (Phi) is 48.0. The number of urea groups is 6. The van der Waals surface area contributed by atoms with Gasteiger partial charge in [-0.15, -0.1) is 0 Å². The van der Waals surface area contributed by atoms with Crippen LogP contribution in [-0.4, -0.2) is 242 Å². The number of carbonyl (C=O) groups is 12. The van der Waals surface area contributed by atoms with Crippen LogP contribution in [0, 0.1) is 0 Å². The minimum Gasteiger partial charge on any atom is -0.461 e. The Morgan fingerprint density at radius 2 is 0.510 bits per heavy atom. The van der Waals surface area contributed by atoms with E-state index in [1.54, 1.807) is 33.4 Å². The highest BCUT2D eigenvalue weighted by atomic mass is 16.6. The highest BCUT2D eigenvalue weighted by Crippen LogP contribution is 2.18. The van der Waals surface area contributed by atoms with Gasteiger partial charge < -0.3 is 79.9 Å². The van der Waals surface area contributed by atoms with Crippen molar-refractivity contribution >= 4 is 72.3 Å². The molecule has 0 aliphatic carbocycles. The zero-order chi connectivity index (χ0) is 78.9.